The van der Waals surface area contributed by atoms with E-state index in [-0.39, 0.29) is 11.7 Å². The lowest BCUT2D eigenvalue weighted by molar-refractivity contribution is -0.132. The number of amides is 1. The second kappa shape index (κ2) is 7.49. The molecule has 3 rings (SSSR count). The second-order valence-electron chi connectivity index (χ2n) is 6.08. The van der Waals surface area contributed by atoms with Crippen LogP contribution >= 0.6 is 0 Å². The molecule has 5 heteroatoms. The van der Waals surface area contributed by atoms with E-state index in [1.54, 1.807) is 18.2 Å². The zero-order valence-corrected chi connectivity index (χ0v) is 13.4. The Morgan fingerprint density at radius 2 is 1.70 bits per heavy atom. The van der Waals surface area contributed by atoms with Crippen molar-refractivity contribution >= 4 is 11.7 Å². The number of piperidine rings is 1. The third-order valence-electron chi connectivity index (χ3n) is 4.37. The topological polar surface area (TPSA) is 55.8 Å². The molecule has 1 saturated heterocycles. The van der Waals surface area contributed by atoms with Gasteiger partial charge in [0.2, 0.25) is 5.91 Å². The first-order valence-electron chi connectivity index (χ1n) is 8.45. The van der Waals surface area contributed by atoms with Gasteiger partial charge in [-0.05, 0) is 43.9 Å². The highest BCUT2D eigenvalue weighted by molar-refractivity contribution is 5.96. The van der Waals surface area contributed by atoms with Gasteiger partial charge < -0.3 is 14.4 Å². The van der Waals surface area contributed by atoms with Crippen LogP contribution in [-0.2, 0) is 4.79 Å². The number of rotatable bonds is 5. The molecule has 0 atom stereocenters. The van der Waals surface area contributed by atoms with Gasteiger partial charge in [-0.2, -0.15) is 0 Å². The molecule has 1 fully saturated rings. The van der Waals surface area contributed by atoms with E-state index in [1.165, 1.54) is 6.42 Å². The number of hydrogen-bond donors (Lipinski definition) is 0. The van der Waals surface area contributed by atoms with Gasteiger partial charge in [-0.1, -0.05) is 0 Å². The Labute approximate surface area is 136 Å². The van der Waals surface area contributed by atoms with Crippen molar-refractivity contribution in [2.45, 2.75) is 38.5 Å². The molecule has 2 aliphatic heterocycles. The summed E-state index contributed by atoms with van der Waals surface area (Å²) in [5.41, 5.74) is 0.625. The third kappa shape index (κ3) is 4.03. The van der Waals surface area contributed by atoms with Crippen LogP contribution in [0.2, 0.25) is 0 Å². The minimum atomic E-state index is 0.0495. The first-order valence-corrected chi connectivity index (χ1v) is 8.45. The van der Waals surface area contributed by atoms with Gasteiger partial charge in [-0.25, -0.2) is 0 Å². The maximum atomic E-state index is 12.3. The van der Waals surface area contributed by atoms with Crippen molar-refractivity contribution in [3.63, 3.8) is 0 Å². The van der Waals surface area contributed by atoms with E-state index in [0.29, 0.717) is 49.5 Å². The van der Waals surface area contributed by atoms with E-state index < -0.39 is 0 Å². The van der Waals surface area contributed by atoms with Crippen molar-refractivity contribution < 1.29 is 19.1 Å². The molecule has 0 radical (unpaired) electrons. The van der Waals surface area contributed by atoms with Crippen molar-refractivity contribution in [1.82, 2.24) is 4.90 Å². The highest BCUT2D eigenvalue weighted by Crippen LogP contribution is 2.31. The van der Waals surface area contributed by atoms with Crippen LogP contribution in [0.4, 0.5) is 0 Å². The Hall–Kier alpha value is -2.04. The fraction of sp³-hybridized carbons (Fsp3) is 0.556. The van der Waals surface area contributed by atoms with Crippen molar-refractivity contribution in [2.24, 2.45) is 0 Å². The quantitative estimate of drug-likeness (QED) is 0.784. The standard InChI is InChI=1S/C18H23NO4/c20-15(5-4-6-18(21)19-9-2-1-3-10-19)14-7-8-16-17(13-14)23-12-11-22-16/h7-8,13H,1-6,9-12H2. The Bertz CT molecular complexity index is 578. The molecule has 0 spiro atoms. The zero-order chi connectivity index (χ0) is 16.1. The molecule has 0 aromatic heterocycles. The van der Waals surface area contributed by atoms with E-state index in [2.05, 4.69) is 0 Å². The molecule has 2 heterocycles. The number of nitrogens with zero attached hydrogens (tertiary/aromatic N) is 1. The lowest BCUT2D eigenvalue weighted by Gasteiger charge is -2.26. The average molecular weight is 317 g/mol. The number of benzene rings is 1. The maximum absolute atomic E-state index is 12.3. The number of ketones is 1. The molecule has 0 unspecified atom stereocenters. The molecule has 0 aliphatic carbocycles. The molecular weight excluding hydrogens is 294 g/mol. The lowest BCUT2D eigenvalue weighted by Crippen LogP contribution is -2.35. The zero-order valence-electron chi connectivity index (χ0n) is 13.4. The number of Topliss-reactive ketones (excluding diaryl/α,β-unsaturated/α-hetero) is 1. The fourth-order valence-electron chi connectivity index (χ4n) is 3.06. The van der Waals surface area contributed by atoms with Crippen LogP contribution in [0.15, 0.2) is 18.2 Å². The average Bonchev–Trinajstić information content (AvgIpc) is 2.61. The molecular formula is C18H23NO4. The SMILES string of the molecule is O=C(CCCC(=O)N1CCCCC1)c1ccc2c(c1)OCCO2. The summed E-state index contributed by atoms with van der Waals surface area (Å²) >= 11 is 0. The van der Waals surface area contributed by atoms with E-state index in [1.807, 2.05) is 4.90 Å². The molecule has 1 aromatic carbocycles. The number of fused-ring (bicyclic) bond motifs is 1. The summed E-state index contributed by atoms with van der Waals surface area (Å²) in [5, 5.41) is 0. The highest BCUT2D eigenvalue weighted by Gasteiger charge is 2.18. The molecule has 1 aromatic rings. The Kier molecular flexibility index (Phi) is 5.16. The third-order valence-corrected chi connectivity index (χ3v) is 4.37. The summed E-state index contributed by atoms with van der Waals surface area (Å²) in [4.78, 5) is 26.3. The summed E-state index contributed by atoms with van der Waals surface area (Å²) < 4.78 is 10.9. The van der Waals surface area contributed by atoms with Crippen molar-refractivity contribution in [1.29, 1.82) is 0 Å². The largest absolute Gasteiger partial charge is 0.486 e. The van der Waals surface area contributed by atoms with Crippen LogP contribution in [0.3, 0.4) is 0 Å². The van der Waals surface area contributed by atoms with E-state index in [4.69, 9.17) is 9.47 Å². The van der Waals surface area contributed by atoms with Crippen molar-refractivity contribution in [2.75, 3.05) is 26.3 Å². The smallest absolute Gasteiger partial charge is 0.222 e. The molecule has 124 valence electrons. The van der Waals surface area contributed by atoms with Crippen LogP contribution in [0.1, 0.15) is 48.9 Å². The molecule has 1 amide bonds. The predicted molar refractivity (Wildman–Crippen MR) is 86.0 cm³/mol. The summed E-state index contributed by atoms with van der Waals surface area (Å²) in [6.07, 6.45) is 4.86. The summed E-state index contributed by atoms with van der Waals surface area (Å²) in [7, 11) is 0. The van der Waals surface area contributed by atoms with E-state index >= 15 is 0 Å². The number of carbonyl (C=O) groups is 2. The number of carbonyl (C=O) groups excluding carboxylic acids is 2. The van der Waals surface area contributed by atoms with Gasteiger partial charge in [0.1, 0.15) is 13.2 Å². The van der Waals surface area contributed by atoms with Gasteiger partial charge in [0.25, 0.3) is 0 Å². The highest BCUT2D eigenvalue weighted by atomic mass is 16.6. The molecule has 0 saturated carbocycles. The molecule has 2 aliphatic rings. The minimum Gasteiger partial charge on any atom is -0.486 e. The van der Waals surface area contributed by atoms with Crippen LogP contribution in [-0.4, -0.2) is 42.9 Å². The fourth-order valence-corrected chi connectivity index (χ4v) is 3.06. The number of hydrogen-bond acceptors (Lipinski definition) is 4. The molecule has 5 nitrogen and oxygen atoms in total. The van der Waals surface area contributed by atoms with E-state index in [0.717, 1.165) is 25.9 Å². The summed E-state index contributed by atoms with van der Waals surface area (Å²) in [6.45, 7) is 2.79. The molecule has 0 N–H and O–H groups in total. The monoisotopic (exact) mass is 317 g/mol. The van der Waals surface area contributed by atoms with Gasteiger partial charge in [0.05, 0.1) is 0 Å². The van der Waals surface area contributed by atoms with Crippen LogP contribution in [0.25, 0.3) is 0 Å². The minimum absolute atomic E-state index is 0.0495. The predicted octanol–water partition coefficient (Wildman–Crippen LogP) is 2.82. The summed E-state index contributed by atoms with van der Waals surface area (Å²) in [5.74, 6) is 1.55. The van der Waals surface area contributed by atoms with Crippen molar-refractivity contribution in [3.8, 4) is 11.5 Å². The lowest BCUT2D eigenvalue weighted by atomic mass is 10.0. The Morgan fingerprint density at radius 3 is 2.48 bits per heavy atom. The van der Waals surface area contributed by atoms with Crippen LogP contribution in [0, 0.1) is 0 Å². The number of ether oxygens (including phenoxy) is 2. The van der Waals surface area contributed by atoms with Gasteiger partial charge in [0.15, 0.2) is 17.3 Å². The Morgan fingerprint density at radius 1 is 0.957 bits per heavy atom. The van der Waals surface area contributed by atoms with Gasteiger partial charge >= 0.3 is 0 Å². The van der Waals surface area contributed by atoms with Gasteiger partial charge in [0, 0.05) is 31.5 Å². The second-order valence-corrected chi connectivity index (χ2v) is 6.08. The first-order chi connectivity index (χ1) is 11.2. The van der Waals surface area contributed by atoms with Gasteiger partial charge in [-0.15, -0.1) is 0 Å². The summed E-state index contributed by atoms with van der Waals surface area (Å²) in [6, 6.07) is 5.28. The maximum Gasteiger partial charge on any atom is 0.222 e. The Balaban J connectivity index is 1.48. The van der Waals surface area contributed by atoms with Gasteiger partial charge in [-0.3, -0.25) is 9.59 Å². The number of likely N-dealkylation sites (tertiary alicyclic amines) is 1. The van der Waals surface area contributed by atoms with Crippen molar-refractivity contribution in [3.05, 3.63) is 23.8 Å². The molecule has 23 heavy (non-hydrogen) atoms. The normalized spacial score (nSPS) is 17.0. The molecule has 0 bridgehead atoms. The van der Waals surface area contributed by atoms with Crippen LogP contribution < -0.4 is 9.47 Å². The van der Waals surface area contributed by atoms with Crippen LogP contribution in [0.5, 0.6) is 11.5 Å². The first kappa shape index (κ1) is 15.8. The van der Waals surface area contributed by atoms with E-state index in [9.17, 15) is 9.59 Å².